The number of carbonyl (C=O) groups is 2. The van der Waals surface area contributed by atoms with E-state index in [1.807, 2.05) is 6.92 Å². The predicted octanol–water partition coefficient (Wildman–Crippen LogP) is 1.44. The number of aliphatic carboxylic acids is 1. The summed E-state index contributed by atoms with van der Waals surface area (Å²) in [5.41, 5.74) is -0.749. The Morgan fingerprint density at radius 3 is 2.55 bits per heavy atom. The summed E-state index contributed by atoms with van der Waals surface area (Å²) in [5, 5.41) is 11.6. The van der Waals surface area contributed by atoms with Gasteiger partial charge in [0.25, 0.3) is 5.91 Å². The zero-order valence-corrected chi connectivity index (χ0v) is 11.4. The normalized spacial score (nSPS) is 15.3. The van der Waals surface area contributed by atoms with Crippen molar-refractivity contribution in [2.45, 2.75) is 25.3 Å². The number of nitrogens with one attached hydrogen (secondary N) is 1. The van der Waals surface area contributed by atoms with Gasteiger partial charge in [-0.05, 0) is 38.0 Å². The summed E-state index contributed by atoms with van der Waals surface area (Å²) in [6.45, 7) is 2.34. The Hall–Kier alpha value is -2.24. The number of carboxylic acids is 1. The molecule has 20 heavy (non-hydrogen) atoms. The molecule has 2 rings (SSSR count). The number of benzene rings is 1. The van der Waals surface area contributed by atoms with Crippen LogP contribution in [0.3, 0.4) is 0 Å². The fraction of sp³-hybridized carbons (Fsp3) is 0.429. The van der Waals surface area contributed by atoms with Crippen molar-refractivity contribution in [2.24, 2.45) is 0 Å². The molecule has 0 saturated heterocycles. The molecule has 2 N–H and O–H groups in total. The molecule has 1 saturated carbocycles. The Morgan fingerprint density at radius 1 is 1.35 bits per heavy atom. The van der Waals surface area contributed by atoms with Crippen molar-refractivity contribution in [3.63, 3.8) is 0 Å². The lowest BCUT2D eigenvalue weighted by molar-refractivity contribution is -0.140. The molecule has 6 nitrogen and oxygen atoms in total. The minimum Gasteiger partial charge on any atom is -0.493 e. The van der Waals surface area contributed by atoms with Crippen LogP contribution in [0.1, 0.15) is 30.1 Å². The third-order valence-corrected chi connectivity index (χ3v) is 3.24. The molecule has 1 aliphatic carbocycles. The lowest BCUT2D eigenvalue weighted by Crippen LogP contribution is -2.43. The summed E-state index contributed by atoms with van der Waals surface area (Å²) < 4.78 is 10.5. The second kappa shape index (κ2) is 5.40. The quantitative estimate of drug-likeness (QED) is 0.823. The molecule has 0 spiro atoms. The molecular weight excluding hydrogens is 262 g/mol. The van der Waals surface area contributed by atoms with Crippen LogP contribution in [-0.2, 0) is 4.79 Å². The van der Waals surface area contributed by atoms with Crippen molar-refractivity contribution in [3.05, 3.63) is 23.8 Å². The molecule has 1 aliphatic rings. The van der Waals surface area contributed by atoms with Crippen molar-refractivity contribution in [1.82, 2.24) is 5.32 Å². The van der Waals surface area contributed by atoms with Gasteiger partial charge in [0.1, 0.15) is 5.54 Å². The van der Waals surface area contributed by atoms with E-state index in [1.54, 1.807) is 12.1 Å². The van der Waals surface area contributed by atoms with Crippen LogP contribution in [0.25, 0.3) is 0 Å². The number of hydrogen-bond donors (Lipinski definition) is 2. The van der Waals surface area contributed by atoms with Gasteiger partial charge in [-0.1, -0.05) is 0 Å². The van der Waals surface area contributed by atoms with Crippen LogP contribution >= 0.6 is 0 Å². The highest BCUT2D eigenvalue weighted by Gasteiger charge is 2.51. The second-order valence-corrected chi connectivity index (χ2v) is 4.64. The summed E-state index contributed by atoms with van der Waals surface area (Å²) in [6, 6.07) is 4.76. The average molecular weight is 279 g/mol. The molecule has 1 fully saturated rings. The molecule has 0 unspecified atom stereocenters. The van der Waals surface area contributed by atoms with Gasteiger partial charge in [-0.25, -0.2) is 4.79 Å². The third-order valence-electron chi connectivity index (χ3n) is 3.24. The van der Waals surface area contributed by atoms with Crippen molar-refractivity contribution in [1.29, 1.82) is 0 Å². The summed E-state index contributed by atoms with van der Waals surface area (Å²) >= 11 is 0. The molecule has 0 radical (unpaired) electrons. The molecule has 1 amide bonds. The van der Waals surface area contributed by atoms with Crippen LogP contribution in [0.4, 0.5) is 0 Å². The van der Waals surface area contributed by atoms with E-state index in [9.17, 15) is 9.59 Å². The topological polar surface area (TPSA) is 84.9 Å². The number of carbonyl (C=O) groups excluding carboxylic acids is 1. The van der Waals surface area contributed by atoms with Gasteiger partial charge < -0.3 is 19.9 Å². The molecule has 0 aromatic heterocycles. The fourth-order valence-electron chi connectivity index (χ4n) is 1.89. The minimum absolute atomic E-state index is 0.345. The van der Waals surface area contributed by atoms with Crippen molar-refractivity contribution in [3.8, 4) is 11.5 Å². The average Bonchev–Trinajstić information content (AvgIpc) is 3.20. The van der Waals surface area contributed by atoms with Crippen LogP contribution < -0.4 is 14.8 Å². The van der Waals surface area contributed by atoms with E-state index in [-0.39, 0.29) is 0 Å². The minimum atomic E-state index is -1.09. The molecule has 0 heterocycles. The third kappa shape index (κ3) is 2.68. The lowest BCUT2D eigenvalue weighted by atomic mass is 10.1. The largest absolute Gasteiger partial charge is 0.493 e. The Bertz CT molecular complexity index is 536. The molecule has 108 valence electrons. The van der Waals surface area contributed by atoms with Gasteiger partial charge in [-0.3, -0.25) is 4.79 Å². The van der Waals surface area contributed by atoms with Gasteiger partial charge in [0.05, 0.1) is 13.7 Å². The fourth-order valence-corrected chi connectivity index (χ4v) is 1.89. The van der Waals surface area contributed by atoms with Gasteiger partial charge in [0, 0.05) is 5.56 Å². The molecule has 0 atom stereocenters. The highest BCUT2D eigenvalue weighted by Crippen LogP contribution is 2.36. The highest BCUT2D eigenvalue weighted by atomic mass is 16.5. The van der Waals surface area contributed by atoms with E-state index in [2.05, 4.69) is 5.32 Å². The van der Waals surface area contributed by atoms with E-state index in [1.165, 1.54) is 13.2 Å². The number of rotatable bonds is 6. The van der Waals surface area contributed by atoms with Crippen molar-refractivity contribution in [2.75, 3.05) is 13.7 Å². The number of methoxy groups -OCH3 is 1. The molecule has 0 aliphatic heterocycles. The Morgan fingerprint density at radius 2 is 2.05 bits per heavy atom. The van der Waals surface area contributed by atoms with Crippen LogP contribution in [0, 0.1) is 0 Å². The van der Waals surface area contributed by atoms with Crippen molar-refractivity contribution < 1.29 is 24.2 Å². The maximum absolute atomic E-state index is 12.1. The maximum atomic E-state index is 12.1. The van der Waals surface area contributed by atoms with Crippen LogP contribution in [0.5, 0.6) is 11.5 Å². The molecular formula is C14H17NO5. The summed E-state index contributed by atoms with van der Waals surface area (Å²) in [4.78, 5) is 23.1. The first-order valence-electron chi connectivity index (χ1n) is 6.39. The van der Waals surface area contributed by atoms with Gasteiger partial charge in [-0.2, -0.15) is 0 Å². The van der Waals surface area contributed by atoms with E-state index in [0.29, 0.717) is 36.5 Å². The van der Waals surface area contributed by atoms with Crippen LogP contribution in [-0.4, -0.2) is 36.2 Å². The molecule has 0 bridgehead atoms. The van der Waals surface area contributed by atoms with E-state index >= 15 is 0 Å². The number of ether oxygens (including phenoxy) is 2. The predicted molar refractivity (Wildman–Crippen MR) is 71.2 cm³/mol. The number of hydrogen-bond acceptors (Lipinski definition) is 4. The first-order chi connectivity index (χ1) is 9.52. The molecule has 1 aromatic carbocycles. The number of carboxylic acid groups (broad SMARTS) is 1. The SMILES string of the molecule is CCOc1ccc(C(=O)NC2(C(=O)O)CC2)cc1OC. The summed E-state index contributed by atoms with van der Waals surface area (Å²) in [7, 11) is 1.49. The Balaban J connectivity index is 2.16. The van der Waals surface area contributed by atoms with Crippen LogP contribution in [0.15, 0.2) is 18.2 Å². The first-order valence-corrected chi connectivity index (χ1v) is 6.39. The standard InChI is InChI=1S/C14H17NO5/c1-3-20-10-5-4-9(8-11(10)19-2)12(16)15-14(6-7-14)13(17)18/h4-5,8H,3,6-7H2,1-2H3,(H,15,16)(H,17,18). The van der Waals surface area contributed by atoms with Gasteiger partial charge in [0.15, 0.2) is 11.5 Å². The van der Waals surface area contributed by atoms with E-state index < -0.39 is 17.4 Å². The first kappa shape index (κ1) is 14.2. The molecule has 6 heteroatoms. The Labute approximate surface area is 116 Å². The zero-order valence-electron chi connectivity index (χ0n) is 11.4. The monoisotopic (exact) mass is 279 g/mol. The summed E-state index contributed by atoms with van der Waals surface area (Å²) in [5.74, 6) is -0.430. The van der Waals surface area contributed by atoms with Gasteiger partial charge in [-0.15, -0.1) is 0 Å². The van der Waals surface area contributed by atoms with Crippen molar-refractivity contribution >= 4 is 11.9 Å². The van der Waals surface area contributed by atoms with E-state index in [0.717, 1.165) is 0 Å². The Kier molecular flexibility index (Phi) is 3.83. The van der Waals surface area contributed by atoms with Crippen LogP contribution in [0.2, 0.25) is 0 Å². The van der Waals surface area contributed by atoms with Gasteiger partial charge in [0.2, 0.25) is 0 Å². The summed E-state index contributed by atoms with van der Waals surface area (Å²) in [6.07, 6.45) is 0.921. The highest BCUT2D eigenvalue weighted by molar-refractivity contribution is 5.99. The zero-order chi connectivity index (χ0) is 14.8. The maximum Gasteiger partial charge on any atom is 0.329 e. The second-order valence-electron chi connectivity index (χ2n) is 4.64. The van der Waals surface area contributed by atoms with Gasteiger partial charge >= 0.3 is 5.97 Å². The molecule has 1 aromatic rings. The lowest BCUT2D eigenvalue weighted by Gasteiger charge is -2.14. The van der Waals surface area contributed by atoms with E-state index in [4.69, 9.17) is 14.6 Å². The number of amides is 1. The smallest absolute Gasteiger partial charge is 0.329 e.